The zero-order valence-electron chi connectivity index (χ0n) is 11.3. The molecule has 4 nitrogen and oxygen atoms in total. The summed E-state index contributed by atoms with van der Waals surface area (Å²) in [6.45, 7) is 6.10. The summed E-state index contributed by atoms with van der Waals surface area (Å²) in [5, 5.41) is 7.18. The second-order valence-electron chi connectivity index (χ2n) is 5.06. The first-order valence-electron chi connectivity index (χ1n) is 6.09. The molecule has 0 aliphatic heterocycles. The van der Waals surface area contributed by atoms with Crippen LogP contribution >= 0.6 is 0 Å². The minimum absolute atomic E-state index is 0.294. The van der Waals surface area contributed by atoms with E-state index in [9.17, 15) is 0 Å². The first-order chi connectivity index (χ1) is 8.51. The lowest BCUT2D eigenvalue weighted by Crippen LogP contribution is -2.33. The van der Waals surface area contributed by atoms with Crippen LogP contribution in [0.2, 0.25) is 0 Å². The van der Waals surface area contributed by atoms with Crippen molar-refractivity contribution in [3.8, 4) is 0 Å². The van der Waals surface area contributed by atoms with E-state index in [4.69, 9.17) is 4.52 Å². The lowest BCUT2D eigenvalue weighted by Gasteiger charge is -2.17. The Bertz CT molecular complexity index is 531. The maximum Gasteiger partial charge on any atom is 0.246 e. The van der Waals surface area contributed by atoms with E-state index in [1.807, 2.05) is 27.0 Å². The largest absolute Gasteiger partial charge is 0.337 e. The zero-order valence-corrected chi connectivity index (χ0v) is 11.3. The molecule has 96 valence electrons. The van der Waals surface area contributed by atoms with Crippen molar-refractivity contribution in [3.05, 3.63) is 47.1 Å². The van der Waals surface area contributed by atoms with Gasteiger partial charge in [-0.25, -0.2) is 0 Å². The van der Waals surface area contributed by atoms with Gasteiger partial charge in [0.25, 0.3) is 0 Å². The van der Waals surface area contributed by atoms with Gasteiger partial charge in [0.05, 0.1) is 5.54 Å². The summed E-state index contributed by atoms with van der Waals surface area (Å²) in [5.41, 5.74) is 2.15. The van der Waals surface area contributed by atoms with Gasteiger partial charge in [-0.15, -0.1) is 0 Å². The van der Waals surface area contributed by atoms with Crippen LogP contribution in [0.3, 0.4) is 0 Å². The fourth-order valence-corrected chi connectivity index (χ4v) is 1.69. The Labute approximate surface area is 107 Å². The molecule has 0 amide bonds. The highest BCUT2D eigenvalue weighted by molar-refractivity contribution is 5.24. The highest BCUT2D eigenvalue weighted by Crippen LogP contribution is 2.18. The molecule has 0 saturated carbocycles. The van der Waals surface area contributed by atoms with Crippen LogP contribution in [0, 0.1) is 6.92 Å². The van der Waals surface area contributed by atoms with E-state index in [-0.39, 0.29) is 5.54 Å². The van der Waals surface area contributed by atoms with Crippen LogP contribution in [0.15, 0.2) is 28.8 Å². The van der Waals surface area contributed by atoms with E-state index in [1.54, 1.807) is 0 Å². The number of aryl methyl sites for hydroxylation is 1. The van der Waals surface area contributed by atoms with Gasteiger partial charge in [0.1, 0.15) is 0 Å². The van der Waals surface area contributed by atoms with Gasteiger partial charge in [-0.3, -0.25) is 0 Å². The summed E-state index contributed by atoms with van der Waals surface area (Å²) in [6.07, 6.45) is 0.699. The Morgan fingerprint density at radius 2 is 2.11 bits per heavy atom. The molecule has 0 atom stereocenters. The van der Waals surface area contributed by atoms with E-state index in [0.717, 1.165) is 5.82 Å². The van der Waals surface area contributed by atoms with Crippen molar-refractivity contribution in [2.24, 2.45) is 0 Å². The monoisotopic (exact) mass is 245 g/mol. The Kier molecular flexibility index (Phi) is 3.48. The van der Waals surface area contributed by atoms with Crippen LogP contribution in [-0.4, -0.2) is 17.2 Å². The quantitative estimate of drug-likeness (QED) is 0.898. The first kappa shape index (κ1) is 12.8. The van der Waals surface area contributed by atoms with Crippen molar-refractivity contribution in [1.29, 1.82) is 0 Å². The van der Waals surface area contributed by atoms with E-state index < -0.39 is 0 Å². The van der Waals surface area contributed by atoms with Gasteiger partial charge >= 0.3 is 0 Å². The van der Waals surface area contributed by atoms with Crippen LogP contribution < -0.4 is 5.32 Å². The van der Waals surface area contributed by atoms with Crippen molar-refractivity contribution in [2.45, 2.75) is 32.7 Å². The van der Waals surface area contributed by atoms with Crippen molar-refractivity contribution in [1.82, 2.24) is 15.5 Å². The number of hydrogen-bond donors (Lipinski definition) is 1. The molecule has 0 fully saturated rings. The fourth-order valence-electron chi connectivity index (χ4n) is 1.69. The van der Waals surface area contributed by atoms with E-state index in [2.05, 4.69) is 40.6 Å². The van der Waals surface area contributed by atoms with Gasteiger partial charge in [0.15, 0.2) is 5.82 Å². The van der Waals surface area contributed by atoms with Gasteiger partial charge in [0.2, 0.25) is 5.89 Å². The number of nitrogens with one attached hydrogen (secondary N) is 1. The predicted octanol–water partition coefficient (Wildman–Crippen LogP) is 2.42. The molecule has 1 aromatic heterocycles. The minimum Gasteiger partial charge on any atom is -0.337 e. The fraction of sp³-hybridized carbons (Fsp3) is 0.429. The van der Waals surface area contributed by atoms with Gasteiger partial charge in [-0.1, -0.05) is 35.0 Å². The molecule has 2 rings (SSSR count). The van der Waals surface area contributed by atoms with Crippen molar-refractivity contribution in [2.75, 3.05) is 7.05 Å². The molecule has 2 aromatic rings. The third-order valence-electron chi connectivity index (χ3n) is 3.07. The van der Waals surface area contributed by atoms with E-state index in [1.165, 1.54) is 11.1 Å². The van der Waals surface area contributed by atoms with Crippen molar-refractivity contribution < 1.29 is 4.52 Å². The Morgan fingerprint density at radius 1 is 1.33 bits per heavy atom. The van der Waals surface area contributed by atoms with Crippen LogP contribution in [0.4, 0.5) is 0 Å². The lowest BCUT2D eigenvalue weighted by molar-refractivity contribution is 0.279. The van der Waals surface area contributed by atoms with Crippen LogP contribution in [0.5, 0.6) is 0 Å². The second kappa shape index (κ2) is 4.90. The van der Waals surface area contributed by atoms with Gasteiger partial charge in [0, 0.05) is 6.42 Å². The molecule has 1 aromatic carbocycles. The minimum atomic E-state index is -0.294. The molecule has 4 heteroatoms. The van der Waals surface area contributed by atoms with Crippen LogP contribution in [0.1, 0.15) is 36.7 Å². The topological polar surface area (TPSA) is 51.0 Å². The normalized spacial score (nSPS) is 11.8. The molecule has 0 aliphatic carbocycles. The third kappa shape index (κ3) is 2.76. The first-order valence-corrected chi connectivity index (χ1v) is 6.09. The summed E-state index contributed by atoms with van der Waals surface area (Å²) in [7, 11) is 1.88. The number of hydrogen-bond acceptors (Lipinski definition) is 4. The van der Waals surface area contributed by atoms with Crippen LogP contribution in [0.25, 0.3) is 0 Å². The molecule has 0 spiro atoms. The summed E-state index contributed by atoms with van der Waals surface area (Å²) in [6, 6.07) is 8.34. The zero-order chi connectivity index (χ0) is 13.2. The smallest absolute Gasteiger partial charge is 0.246 e. The second-order valence-corrected chi connectivity index (χ2v) is 5.06. The molecule has 0 aliphatic rings. The highest BCUT2D eigenvalue weighted by atomic mass is 16.5. The van der Waals surface area contributed by atoms with E-state index in [0.29, 0.717) is 12.3 Å². The Balaban J connectivity index is 2.16. The standard InChI is InChI=1S/C14H19N3O/c1-10-6-5-7-11(8-10)9-12-16-13(18-17-12)14(2,3)15-4/h5-8,15H,9H2,1-4H3. The molecule has 0 unspecified atom stereocenters. The number of aromatic nitrogens is 2. The molecule has 0 radical (unpaired) electrons. The Hall–Kier alpha value is -1.68. The number of rotatable bonds is 4. The SMILES string of the molecule is CNC(C)(C)c1nc(Cc2cccc(C)c2)no1. The average molecular weight is 245 g/mol. The predicted molar refractivity (Wildman–Crippen MR) is 70.4 cm³/mol. The molecule has 0 bridgehead atoms. The lowest BCUT2D eigenvalue weighted by atomic mass is 10.1. The molecular formula is C14H19N3O. The Morgan fingerprint density at radius 3 is 2.78 bits per heavy atom. The average Bonchev–Trinajstić information content (AvgIpc) is 2.78. The van der Waals surface area contributed by atoms with Crippen LogP contribution in [-0.2, 0) is 12.0 Å². The third-order valence-corrected chi connectivity index (χ3v) is 3.07. The summed E-state index contributed by atoms with van der Waals surface area (Å²) < 4.78 is 5.30. The molecule has 18 heavy (non-hydrogen) atoms. The number of nitrogens with zero attached hydrogens (tertiary/aromatic N) is 2. The maximum absolute atomic E-state index is 5.30. The van der Waals surface area contributed by atoms with E-state index >= 15 is 0 Å². The molecule has 1 heterocycles. The number of benzene rings is 1. The molecule has 1 N–H and O–H groups in total. The summed E-state index contributed by atoms with van der Waals surface area (Å²) in [4.78, 5) is 4.44. The van der Waals surface area contributed by atoms with Crippen molar-refractivity contribution in [3.63, 3.8) is 0 Å². The summed E-state index contributed by atoms with van der Waals surface area (Å²) >= 11 is 0. The molecule has 0 saturated heterocycles. The van der Waals surface area contributed by atoms with Crippen molar-refractivity contribution >= 4 is 0 Å². The summed E-state index contributed by atoms with van der Waals surface area (Å²) in [5.74, 6) is 1.34. The molecular weight excluding hydrogens is 226 g/mol. The van der Waals surface area contributed by atoms with Gasteiger partial charge in [-0.05, 0) is 33.4 Å². The highest BCUT2D eigenvalue weighted by Gasteiger charge is 2.25. The van der Waals surface area contributed by atoms with Gasteiger partial charge < -0.3 is 9.84 Å². The van der Waals surface area contributed by atoms with Gasteiger partial charge in [-0.2, -0.15) is 4.98 Å². The maximum atomic E-state index is 5.30.